The van der Waals surface area contributed by atoms with Gasteiger partial charge in [0.25, 0.3) is 0 Å². The van der Waals surface area contributed by atoms with Crippen molar-refractivity contribution in [3.05, 3.63) is 36.2 Å². The van der Waals surface area contributed by atoms with Crippen LogP contribution in [0.15, 0.2) is 30.6 Å². The molecule has 0 aliphatic carbocycles. The second-order valence-electron chi connectivity index (χ2n) is 3.63. The van der Waals surface area contributed by atoms with Crippen LogP contribution in [0.4, 0.5) is 0 Å². The van der Waals surface area contributed by atoms with Crippen molar-refractivity contribution in [2.24, 2.45) is 12.8 Å². The fourth-order valence-corrected chi connectivity index (χ4v) is 1.71. The lowest BCUT2D eigenvalue weighted by Gasteiger charge is -2.08. The minimum atomic E-state index is 0.488. The molecule has 0 spiro atoms. The Hall–Kier alpha value is -1.81. The minimum absolute atomic E-state index is 0.488. The molecule has 0 atom stereocenters. The maximum absolute atomic E-state index is 5.74. The molecule has 0 saturated carbocycles. The fourth-order valence-electron chi connectivity index (χ4n) is 1.71. The van der Waals surface area contributed by atoms with Gasteiger partial charge in [-0.25, -0.2) is 0 Å². The first-order valence-corrected chi connectivity index (χ1v) is 5.10. The molecule has 0 radical (unpaired) electrons. The van der Waals surface area contributed by atoms with Gasteiger partial charge in [0.15, 0.2) is 0 Å². The summed E-state index contributed by atoms with van der Waals surface area (Å²) >= 11 is 0. The minimum Gasteiger partial charge on any atom is -0.497 e. The van der Waals surface area contributed by atoms with E-state index in [1.807, 2.05) is 37.6 Å². The molecule has 0 saturated heterocycles. The van der Waals surface area contributed by atoms with Crippen molar-refractivity contribution in [3.8, 4) is 16.9 Å². The van der Waals surface area contributed by atoms with Gasteiger partial charge in [-0.05, 0) is 23.3 Å². The number of ether oxygens (including phenoxy) is 1. The van der Waals surface area contributed by atoms with E-state index in [-0.39, 0.29) is 0 Å². The Balaban J connectivity index is 2.48. The predicted octanol–water partition coefficient (Wildman–Crippen LogP) is 1.55. The highest BCUT2D eigenvalue weighted by molar-refractivity contribution is 5.67. The number of hydrogen-bond donors (Lipinski definition) is 1. The molecule has 1 heterocycles. The Morgan fingerprint density at radius 3 is 2.81 bits per heavy atom. The Kier molecular flexibility index (Phi) is 2.92. The number of aryl methyl sites for hydroxylation is 1. The highest BCUT2D eigenvalue weighted by atomic mass is 16.5. The standard InChI is InChI=1S/C12H15N3O/c1-15-8-10(7-14-15)12-4-3-11(16-2)5-9(12)6-13/h3-5,7-8H,6,13H2,1-2H3. The molecule has 0 bridgehead atoms. The van der Waals surface area contributed by atoms with Gasteiger partial charge in [0, 0.05) is 25.4 Å². The highest BCUT2D eigenvalue weighted by Gasteiger charge is 2.07. The van der Waals surface area contributed by atoms with E-state index in [9.17, 15) is 0 Å². The molecule has 1 aromatic carbocycles. The first-order chi connectivity index (χ1) is 7.74. The number of nitrogens with zero attached hydrogens (tertiary/aromatic N) is 2. The highest BCUT2D eigenvalue weighted by Crippen LogP contribution is 2.26. The summed E-state index contributed by atoms with van der Waals surface area (Å²) in [5, 5.41) is 4.16. The van der Waals surface area contributed by atoms with E-state index in [1.165, 1.54) is 0 Å². The van der Waals surface area contributed by atoms with Crippen LogP contribution < -0.4 is 10.5 Å². The fraction of sp³-hybridized carbons (Fsp3) is 0.250. The molecule has 0 aliphatic rings. The topological polar surface area (TPSA) is 53.1 Å². The van der Waals surface area contributed by atoms with Crippen molar-refractivity contribution >= 4 is 0 Å². The van der Waals surface area contributed by atoms with Gasteiger partial charge >= 0.3 is 0 Å². The molecule has 4 nitrogen and oxygen atoms in total. The Morgan fingerprint density at radius 1 is 1.44 bits per heavy atom. The van der Waals surface area contributed by atoms with E-state index in [1.54, 1.807) is 11.8 Å². The summed E-state index contributed by atoms with van der Waals surface area (Å²) < 4.78 is 6.95. The van der Waals surface area contributed by atoms with E-state index in [0.29, 0.717) is 6.54 Å². The Bertz CT molecular complexity index is 491. The van der Waals surface area contributed by atoms with Crippen LogP contribution in [0.1, 0.15) is 5.56 Å². The smallest absolute Gasteiger partial charge is 0.119 e. The molecular formula is C12H15N3O. The number of rotatable bonds is 3. The molecular weight excluding hydrogens is 202 g/mol. The number of methoxy groups -OCH3 is 1. The molecule has 84 valence electrons. The maximum atomic E-state index is 5.74. The number of hydrogen-bond acceptors (Lipinski definition) is 3. The Morgan fingerprint density at radius 2 is 2.25 bits per heavy atom. The molecule has 0 fully saturated rings. The van der Waals surface area contributed by atoms with Crippen molar-refractivity contribution in [1.29, 1.82) is 0 Å². The first-order valence-electron chi connectivity index (χ1n) is 5.10. The van der Waals surface area contributed by atoms with Gasteiger partial charge in [-0.15, -0.1) is 0 Å². The van der Waals surface area contributed by atoms with Crippen LogP contribution in [0.2, 0.25) is 0 Å². The van der Waals surface area contributed by atoms with E-state index in [0.717, 1.165) is 22.4 Å². The second-order valence-corrected chi connectivity index (χ2v) is 3.63. The zero-order chi connectivity index (χ0) is 11.5. The third-order valence-corrected chi connectivity index (χ3v) is 2.55. The van der Waals surface area contributed by atoms with Gasteiger partial charge in [-0.3, -0.25) is 4.68 Å². The van der Waals surface area contributed by atoms with Crippen LogP contribution in [0, 0.1) is 0 Å². The quantitative estimate of drug-likeness (QED) is 0.848. The van der Waals surface area contributed by atoms with Crippen molar-refractivity contribution < 1.29 is 4.74 Å². The third kappa shape index (κ3) is 1.92. The SMILES string of the molecule is COc1ccc(-c2cnn(C)c2)c(CN)c1. The van der Waals surface area contributed by atoms with Gasteiger partial charge < -0.3 is 10.5 Å². The maximum Gasteiger partial charge on any atom is 0.119 e. The summed E-state index contributed by atoms with van der Waals surface area (Å²) in [5.74, 6) is 0.827. The molecule has 0 unspecified atom stereocenters. The molecule has 2 aromatic rings. The van der Waals surface area contributed by atoms with Gasteiger partial charge in [0.1, 0.15) is 5.75 Å². The zero-order valence-corrected chi connectivity index (χ0v) is 9.47. The van der Waals surface area contributed by atoms with E-state index in [2.05, 4.69) is 5.10 Å². The van der Waals surface area contributed by atoms with Crippen molar-refractivity contribution in [3.63, 3.8) is 0 Å². The van der Waals surface area contributed by atoms with Crippen molar-refractivity contribution in [2.45, 2.75) is 6.54 Å². The summed E-state index contributed by atoms with van der Waals surface area (Å²) in [7, 11) is 3.55. The lowest BCUT2D eigenvalue weighted by atomic mass is 10.0. The van der Waals surface area contributed by atoms with Crippen LogP contribution in [0.25, 0.3) is 11.1 Å². The average Bonchev–Trinajstić information content (AvgIpc) is 2.74. The molecule has 1 aromatic heterocycles. The van der Waals surface area contributed by atoms with Crippen LogP contribution >= 0.6 is 0 Å². The molecule has 0 aliphatic heterocycles. The summed E-state index contributed by atoms with van der Waals surface area (Å²) in [5.41, 5.74) is 8.98. The predicted molar refractivity (Wildman–Crippen MR) is 63.1 cm³/mol. The first kappa shape index (κ1) is 10.7. The van der Waals surface area contributed by atoms with Crippen molar-refractivity contribution in [1.82, 2.24) is 9.78 Å². The van der Waals surface area contributed by atoms with E-state index in [4.69, 9.17) is 10.5 Å². The average molecular weight is 217 g/mol. The summed E-state index contributed by atoms with van der Waals surface area (Å²) in [6, 6.07) is 5.90. The molecule has 2 rings (SSSR count). The molecule has 0 amide bonds. The summed E-state index contributed by atoms with van der Waals surface area (Å²) in [6.07, 6.45) is 3.81. The van der Waals surface area contributed by atoms with Crippen molar-refractivity contribution in [2.75, 3.05) is 7.11 Å². The third-order valence-electron chi connectivity index (χ3n) is 2.55. The number of aromatic nitrogens is 2. The lowest BCUT2D eigenvalue weighted by molar-refractivity contribution is 0.414. The van der Waals surface area contributed by atoms with E-state index >= 15 is 0 Å². The Labute approximate surface area is 94.6 Å². The number of nitrogens with two attached hydrogens (primary N) is 1. The lowest BCUT2D eigenvalue weighted by Crippen LogP contribution is -1.99. The van der Waals surface area contributed by atoms with Crippen LogP contribution in [0.3, 0.4) is 0 Å². The van der Waals surface area contributed by atoms with Crippen LogP contribution in [0.5, 0.6) is 5.75 Å². The monoisotopic (exact) mass is 217 g/mol. The molecule has 16 heavy (non-hydrogen) atoms. The van der Waals surface area contributed by atoms with E-state index < -0.39 is 0 Å². The second kappa shape index (κ2) is 4.37. The van der Waals surface area contributed by atoms with Gasteiger partial charge in [0.2, 0.25) is 0 Å². The normalized spacial score (nSPS) is 10.4. The van der Waals surface area contributed by atoms with Gasteiger partial charge in [0.05, 0.1) is 13.3 Å². The summed E-state index contributed by atoms with van der Waals surface area (Å²) in [6.45, 7) is 0.488. The number of benzene rings is 1. The molecule has 4 heteroatoms. The van der Waals surface area contributed by atoms with Gasteiger partial charge in [-0.1, -0.05) is 6.07 Å². The van der Waals surface area contributed by atoms with Crippen LogP contribution in [-0.2, 0) is 13.6 Å². The molecule has 2 N–H and O–H groups in total. The van der Waals surface area contributed by atoms with Crippen LogP contribution in [-0.4, -0.2) is 16.9 Å². The largest absolute Gasteiger partial charge is 0.497 e. The van der Waals surface area contributed by atoms with Gasteiger partial charge in [-0.2, -0.15) is 5.10 Å². The summed E-state index contributed by atoms with van der Waals surface area (Å²) in [4.78, 5) is 0. The zero-order valence-electron chi connectivity index (χ0n) is 9.47.